The van der Waals surface area contributed by atoms with E-state index in [9.17, 15) is 13.2 Å². The number of likely N-dealkylation sites (N-methyl/N-ethyl adjacent to an activating group) is 1. The molecule has 1 N–H and O–H groups in total. The van der Waals surface area contributed by atoms with E-state index in [4.69, 9.17) is 23.2 Å². The van der Waals surface area contributed by atoms with Gasteiger partial charge in [0.05, 0.1) is 4.90 Å². The van der Waals surface area contributed by atoms with Crippen LogP contribution in [0.2, 0.25) is 10.0 Å². The van der Waals surface area contributed by atoms with Gasteiger partial charge in [-0.15, -0.1) is 0 Å². The number of hydrogen-bond acceptors (Lipinski definition) is 4. The molecule has 1 aliphatic heterocycles. The van der Waals surface area contributed by atoms with E-state index < -0.39 is 15.9 Å². The predicted octanol–water partition coefficient (Wildman–Crippen LogP) is 3.18. The van der Waals surface area contributed by atoms with Crippen molar-refractivity contribution in [1.82, 2.24) is 9.21 Å². The average Bonchev–Trinajstić information content (AvgIpc) is 2.61. The molecule has 0 atom stereocenters. The quantitative estimate of drug-likeness (QED) is 0.812. The van der Waals surface area contributed by atoms with Crippen molar-refractivity contribution in [3.63, 3.8) is 0 Å². The standard InChI is InChI=1S/C18H19Cl2N3O3S/c1-22-5-7-23(8-6-22)27(25,26)17-4-2-3-13(9-17)18(24)21-16-11-14(19)10-15(20)12-16/h2-4,9-12H,5-8H2,1H3,(H,21,24). The van der Waals surface area contributed by atoms with Crippen LogP contribution in [0.1, 0.15) is 10.4 Å². The fourth-order valence-electron chi connectivity index (χ4n) is 2.80. The van der Waals surface area contributed by atoms with E-state index >= 15 is 0 Å². The molecule has 1 saturated heterocycles. The maximum atomic E-state index is 12.9. The Labute approximate surface area is 168 Å². The van der Waals surface area contributed by atoms with Crippen molar-refractivity contribution in [2.75, 3.05) is 38.5 Å². The van der Waals surface area contributed by atoms with E-state index in [1.54, 1.807) is 30.3 Å². The van der Waals surface area contributed by atoms with Crippen molar-refractivity contribution in [1.29, 1.82) is 0 Å². The second kappa shape index (κ2) is 8.16. The van der Waals surface area contributed by atoms with E-state index in [-0.39, 0.29) is 10.5 Å². The summed E-state index contributed by atoms with van der Waals surface area (Å²) in [4.78, 5) is 14.7. The lowest BCUT2D eigenvalue weighted by molar-refractivity contribution is 0.102. The highest BCUT2D eigenvalue weighted by molar-refractivity contribution is 7.89. The van der Waals surface area contributed by atoms with Crippen molar-refractivity contribution in [3.8, 4) is 0 Å². The number of rotatable bonds is 4. The summed E-state index contributed by atoms with van der Waals surface area (Å²) >= 11 is 11.9. The smallest absolute Gasteiger partial charge is 0.255 e. The summed E-state index contributed by atoms with van der Waals surface area (Å²) in [5.74, 6) is -0.441. The molecule has 9 heteroatoms. The van der Waals surface area contributed by atoms with E-state index in [2.05, 4.69) is 10.2 Å². The highest BCUT2D eigenvalue weighted by Crippen LogP contribution is 2.24. The van der Waals surface area contributed by atoms with E-state index in [1.165, 1.54) is 16.4 Å². The molecule has 1 amide bonds. The molecule has 1 aliphatic rings. The molecule has 1 fully saturated rings. The predicted molar refractivity (Wildman–Crippen MR) is 107 cm³/mol. The number of halogens is 2. The topological polar surface area (TPSA) is 69.7 Å². The molecule has 0 unspecified atom stereocenters. The highest BCUT2D eigenvalue weighted by atomic mass is 35.5. The Bertz CT molecular complexity index is 938. The Kier molecular flexibility index (Phi) is 6.08. The molecule has 0 spiro atoms. The molecule has 0 bridgehead atoms. The largest absolute Gasteiger partial charge is 0.322 e. The van der Waals surface area contributed by atoms with Gasteiger partial charge in [0.2, 0.25) is 10.0 Å². The molecule has 2 aromatic carbocycles. The summed E-state index contributed by atoms with van der Waals surface area (Å²) in [6.07, 6.45) is 0. The minimum Gasteiger partial charge on any atom is -0.322 e. The minimum absolute atomic E-state index is 0.101. The lowest BCUT2D eigenvalue weighted by Crippen LogP contribution is -2.47. The van der Waals surface area contributed by atoms with Crippen LogP contribution in [0.5, 0.6) is 0 Å². The zero-order valence-corrected chi connectivity index (χ0v) is 17.0. The fraction of sp³-hybridized carbons (Fsp3) is 0.278. The Morgan fingerprint density at radius 2 is 1.63 bits per heavy atom. The second-order valence-electron chi connectivity index (χ2n) is 6.35. The Morgan fingerprint density at radius 1 is 1.00 bits per heavy atom. The molecule has 0 aromatic heterocycles. The van der Waals surface area contributed by atoms with Crippen LogP contribution < -0.4 is 5.32 Å². The first kappa shape index (κ1) is 20.1. The number of piperazine rings is 1. The zero-order chi connectivity index (χ0) is 19.6. The van der Waals surface area contributed by atoms with Crippen LogP contribution >= 0.6 is 23.2 Å². The maximum absolute atomic E-state index is 12.9. The first-order valence-electron chi connectivity index (χ1n) is 8.32. The van der Waals surface area contributed by atoms with E-state index in [0.29, 0.717) is 41.9 Å². The number of benzene rings is 2. The number of sulfonamides is 1. The number of anilines is 1. The molecule has 0 saturated carbocycles. The second-order valence-corrected chi connectivity index (χ2v) is 9.16. The zero-order valence-electron chi connectivity index (χ0n) is 14.7. The van der Waals surface area contributed by atoms with Gasteiger partial charge < -0.3 is 10.2 Å². The molecule has 2 aromatic rings. The highest BCUT2D eigenvalue weighted by Gasteiger charge is 2.27. The average molecular weight is 428 g/mol. The Morgan fingerprint density at radius 3 is 2.26 bits per heavy atom. The van der Waals surface area contributed by atoms with Crippen LogP contribution in [0.25, 0.3) is 0 Å². The summed E-state index contributed by atoms with van der Waals surface area (Å²) in [6, 6.07) is 10.7. The van der Waals surface area contributed by atoms with Gasteiger partial charge in [-0.3, -0.25) is 4.79 Å². The monoisotopic (exact) mass is 427 g/mol. The van der Waals surface area contributed by atoms with Gasteiger partial charge in [-0.05, 0) is 43.4 Å². The molecule has 144 valence electrons. The number of nitrogens with one attached hydrogen (secondary N) is 1. The molecular weight excluding hydrogens is 409 g/mol. The van der Waals surface area contributed by atoms with Gasteiger partial charge in [0.1, 0.15) is 0 Å². The van der Waals surface area contributed by atoms with Crippen molar-refractivity contribution in [3.05, 3.63) is 58.1 Å². The summed E-state index contributed by atoms with van der Waals surface area (Å²) in [6.45, 7) is 2.20. The molecule has 3 rings (SSSR count). The molecule has 1 heterocycles. The first-order valence-corrected chi connectivity index (χ1v) is 10.5. The Hall–Kier alpha value is -1.64. The van der Waals surface area contributed by atoms with Crippen LogP contribution in [0.4, 0.5) is 5.69 Å². The minimum atomic E-state index is -3.64. The normalized spacial score (nSPS) is 16.3. The van der Waals surface area contributed by atoms with Gasteiger partial charge in [-0.25, -0.2) is 8.42 Å². The number of carbonyl (C=O) groups is 1. The molecule has 0 radical (unpaired) electrons. The summed E-state index contributed by atoms with van der Waals surface area (Å²) in [5.41, 5.74) is 0.672. The van der Waals surface area contributed by atoms with Gasteiger partial charge in [-0.2, -0.15) is 4.31 Å². The van der Waals surface area contributed by atoms with Crippen LogP contribution in [-0.4, -0.2) is 56.8 Å². The van der Waals surface area contributed by atoms with Gasteiger partial charge in [0.15, 0.2) is 0 Å². The van der Waals surface area contributed by atoms with E-state index in [1.807, 2.05) is 7.05 Å². The number of hydrogen-bond donors (Lipinski definition) is 1. The maximum Gasteiger partial charge on any atom is 0.255 e. The number of nitrogens with zero attached hydrogens (tertiary/aromatic N) is 2. The van der Waals surface area contributed by atoms with Gasteiger partial charge in [0.25, 0.3) is 5.91 Å². The van der Waals surface area contributed by atoms with Gasteiger partial charge in [-0.1, -0.05) is 29.3 Å². The van der Waals surface area contributed by atoms with Gasteiger partial charge in [0, 0.05) is 47.5 Å². The lowest BCUT2D eigenvalue weighted by Gasteiger charge is -2.31. The van der Waals surface area contributed by atoms with Crippen LogP contribution in [0.3, 0.4) is 0 Å². The third-order valence-corrected chi connectivity index (χ3v) is 6.65. The van der Waals surface area contributed by atoms with Gasteiger partial charge >= 0.3 is 0 Å². The first-order chi connectivity index (χ1) is 12.8. The lowest BCUT2D eigenvalue weighted by atomic mass is 10.2. The Balaban J connectivity index is 1.81. The molecular formula is C18H19Cl2N3O3S. The fourth-order valence-corrected chi connectivity index (χ4v) is 4.80. The number of carbonyl (C=O) groups excluding carboxylic acids is 1. The SMILES string of the molecule is CN1CCN(S(=O)(=O)c2cccc(C(=O)Nc3cc(Cl)cc(Cl)c3)c2)CC1. The summed E-state index contributed by atoms with van der Waals surface area (Å²) < 4.78 is 27.2. The van der Waals surface area contributed by atoms with Crippen molar-refractivity contribution >= 4 is 44.8 Å². The molecule has 6 nitrogen and oxygen atoms in total. The van der Waals surface area contributed by atoms with Crippen molar-refractivity contribution < 1.29 is 13.2 Å². The summed E-state index contributed by atoms with van der Waals surface area (Å²) in [5, 5.41) is 3.47. The van der Waals surface area contributed by atoms with Crippen molar-refractivity contribution in [2.24, 2.45) is 0 Å². The number of amides is 1. The van der Waals surface area contributed by atoms with Crippen molar-refractivity contribution in [2.45, 2.75) is 4.90 Å². The third kappa shape index (κ3) is 4.80. The summed E-state index contributed by atoms with van der Waals surface area (Å²) in [7, 11) is -1.69. The third-order valence-electron chi connectivity index (χ3n) is 4.32. The van der Waals surface area contributed by atoms with Crippen LogP contribution in [-0.2, 0) is 10.0 Å². The van der Waals surface area contributed by atoms with Crippen LogP contribution in [0.15, 0.2) is 47.4 Å². The van der Waals surface area contributed by atoms with Crippen LogP contribution in [0, 0.1) is 0 Å². The molecule has 27 heavy (non-hydrogen) atoms. The molecule has 0 aliphatic carbocycles. The van der Waals surface area contributed by atoms with E-state index in [0.717, 1.165) is 0 Å².